The van der Waals surface area contributed by atoms with Crippen LogP contribution in [-0.4, -0.2) is 26.6 Å². The molecule has 1 amide bonds. The van der Waals surface area contributed by atoms with Gasteiger partial charge < -0.3 is 5.32 Å². The Kier molecular flexibility index (Phi) is 7.66. The van der Waals surface area contributed by atoms with Gasteiger partial charge in [-0.1, -0.05) is 30.3 Å². The van der Waals surface area contributed by atoms with E-state index in [0.29, 0.717) is 5.56 Å². The zero-order valence-electron chi connectivity index (χ0n) is 18.8. The summed E-state index contributed by atoms with van der Waals surface area (Å²) in [6.07, 6.45) is 0.913. The quantitative estimate of drug-likeness (QED) is 0.471. The van der Waals surface area contributed by atoms with Crippen LogP contribution in [0.5, 0.6) is 0 Å². The first-order chi connectivity index (χ1) is 15.9. The molecule has 0 spiro atoms. The van der Waals surface area contributed by atoms with Gasteiger partial charge >= 0.3 is 0 Å². The molecule has 3 aromatic rings. The van der Waals surface area contributed by atoms with E-state index < -0.39 is 45.4 Å². The standard InChI is InChI=1S/C25H25F3N2O3S/c1-15(19-8-13-23(22(28)14-19)30-34(3,32)33)25(31)29-16(2)24(17-4-9-20(26)10-5-17)18-6-11-21(27)12-7-18/h4-16,24,30H,1-3H3,(H,29,31). The molecule has 0 aliphatic heterocycles. The number of carbonyl (C=O) groups excluding carboxylic acids is 1. The fourth-order valence-electron chi connectivity index (χ4n) is 3.78. The lowest BCUT2D eigenvalue weighted by Gasteiger charge is -2.27. The molecule has 0 saturated heterocycles. The first-order valence-corrected chi connectivity index (χ1v) is 12.4. The third-order valence-electron chi connectivity index (χ3n) is 5.51. The molecular weight excluding hydrogens is 465 g/mol. The zero-order valence-corrected chi connectivity index (χ0v) is 19.7. The Bertz CT molecular complexity index is 1220. The molecule has 0 aliphatic rings. The lowest BCUT2D eigenvalue weighted by atomic mass is 9.85. The normalized spacial score (nSPS) is 13.4. The third-order valence-corrected chi connectivity index (χ3v) is 6.10. The summed E-state index contributed by atoms with van der Waals surface area (Å²) in [5.74, 6) is -3.12. The van der Waals surface area contributed by atoms with Crippen LogP contribution in [0.2, 0.25) is 0 Å². The maximum Gasteiger partial charge on any atom is 0.229 e. The van der Waals surface area contributed by atoms with Crippen molar-refractivity contribution in [3.63, 3.8) is 0 Å². The molecule has 180 valence electrons. The molecule has 0 fully saturated rings. The van der Waals surface area contributed by atoms with Gasteiger partial charge in [-0.3, -0.25) is 9.52 Å². The molecule has 0 saturated carbocycles. The van der Waals surface area contributed by atoms with Crippen LogP contribution < -0.4 is 10.0 Å². The number of benzene rings is 3. The molecule has 0 aliphatic carbocycles. The molecule has 2 unspecified atom stereocenters. The van der Waals surface area contributed by atoms with E-state index in [1.807, 2.05) is 0 Å². The molecule has 0 bridgehead atoms. The van der Waals surface area contributed by atoms with Crippen molar-refractivity contribution in [3.8, 4) is 0 Å². The number of rotatable bonds is 8. The molecule has 3 rings (SSSR count). The maximum atomic E-state index is 14.4. The highest BCUT2D eigenvalue weighted by Gasteiger charge is 2.26. The second-order valence-electron chi connectivity index (χ2n) is 8.21. The highest BCUT2D eigenvalue weighted by atomic mass is 32.2. The lowest BCUT2D eigenvalue weighted by molar-refractivity contribution is -0.122. The molecule has 34 heavy (non-hydrogen) atoms. The van der Waals surface area contributed by atoms with E-state index in [4.69, 9.17) is 0 Å². The van der Waals surface area contributed by atoms with Gasteiger partial charge in [0.15, 0.2) is 0 Å². The van der Waals surface area contributed by atoms with Gasteiger partial charge in [0, 0.05) is 12.0 Å². The molecule has 0 radical (unpaired) electrons. The number of amides is 1. The molecule has 5 nitrogen and oxygen atoms in total. The van der Waals surface area contributed by atoms with Gasteiger partial charge in [-0.05, 0) is 66.9 Å². The minimum absolute atomic E-state index is 0.208. The van der Waals surface area contributed by atoms with Crippen LogP contribution in [0.15, 0.2) is 66.7 Å². The van der Waals surface area contributed by atoms with Crippen LogP contribution in [0.1, 0.15) is 42.4 Å². The topological polar surface area (TPSA) is 75.3 Å². The first-order valence-electron chi connectivity index (χ1n) is 10.5. The Hall–Kier alpha value is -3.33. The Morgan fingerprint density at radius 3 is 1.71 bits per heavy atom. The van der Waals surface area contributed by atoms with Gasteiger partial charge in [0.2, 0.25) is 15.9 Å². The van der Waals surface area contributed by atoms with Crippen molar-refractivity contribution in [2.24, 2.45) is 0 Å². The van der Waals surface area contributed by atoms with Crippen LogP contribution in [0.4, 0.5) is 18.9 Å². The van der Waals surface area contributed by atoms with Gasteiger partial charge in [0.05, 0.1) is 17.9 Å². The fourth-order valence-corrected chi connectivity index (χ4v) is 4.34. The van der Waals surface area contributed by atoms with E-state index in [9.17, 15) is 26.4 Å². The summed E-state index contributed by atoms with van der Waals surface area (Å²) in [6.45, 7) is 3.38. The van der Waals surface area contributed by atoms with Crippen molar-refractivity contribution >= 4 is 21.6 Å². The molecule has 9 heteroatoms. The molecule has 0 heterocycles. The molecular formula is C25H25F3N2O3S. The second kappa shape index (κ2) is 10.3. The monoisotopic (exact) mass is 490 g/mol. The predicted octanol–water partition coefficient (Wildman–Crippen LogP) is 4.92. The van der Waals surface area contributed by atoms with Crippen LogP contribution in [-0.2, 0) is 14.8 Å². The Labute approximate surface area is 197 Å². The summed E-state index contributed by atoms with van der Waals surface area (Å²) in [5.41, 5.74) is 1.62. The molecule has 3 aromatic carbocycles. The van der Waals surface area contributed by atoms with Crippen LogP contribution >= 0.6 is 0 Å². The van der Waals surface area contributed by atoms with Gasteiger partial charge in [0.25, 0.3) is 0 Å². The number of nitrogens with one attached hydrogen (secondary N) is 2. The van der Waals surface area contributed by atoms with Gasteiger partial charge in [-0.2, -0.15) is 0 Å². The Balaban J connectivity index is 1.82. The second-order valence-corrected chi connectivity index (χ2v) is 9.96. The highest BCUT2D eigenvalue weighted by molar-refractivity contribution is 7.92. The van der Waals surface area contributed by atoms with Crippen molar-refractivity contribution in [1.29, 1.82) is 0 Å². The maximum absolute atomic E-state index is 14.4. The van der Waals surface area contributed by atoms with E-state index in [2.05, 4.69) is 10.0 Å². The highest BCUT2D eigenvalue weighted by Crippen LogP contribution is 2.30. The number of hydrogen-bond acceptors (Lipinski definition) is 3. The van der Waals surface area contributed by atoms with Crippen LogP contribution in [0.25, 0.3) is 0 Å². The zero-order chi connectivity index (χ0) is 25.0. The van der Waals surface area contributed by atoms with Gasteiger partial charge in [0.1, 0.15) is 17.5 Å². The summed E-state index contributed by atoms with van der Waals surface area (Å²) in [4.78, 5) is 13.0. The molecule has 0 aromatic heterocycles. The van der Waals surface area contributed by atoms with Crippen molar-refractivity contribution in [3.05, 3.63) is 101 Å². The SMILES string of the molecule is CC(C(=O)NC(C)C(c1ccc(F)cc1)c1ccc(F)cc1)c1ccc(NS(C)(=O)=O)c(F)c1. The van der Waals surface area contributed by atoms with Crippen LogP contribution in [0.3, 0.4) is 0 Å². The van der Waals surface area contributed by atoms with E-state index in [-0.39, 0.29) is 11.6 Å². The minimum Gasteiger partial charge on any atom is -0.352 e. The average molecular weight is 491 g/mol. The van der Waals surface area contributed by atoms with E-state index >= 15 is 0 Å². The van der Waals surface area contributed by atoms with Gasteiger partial charge in [-0.15, -0.1) is 0 Å². The van der Waals surface area contributed by atoms with Crippen molar-refractivity contribution in [1.82, 2.24) is 5.32 Å². The first kappa shape index (κ1) is 25.3. The number of carbonyl (C=O) groups is 1. The third kappa shape index (κ3) is 6.38. The fraction of sp³-hybridized carbons (Fsp3) is 0.240. The summed E-state index contributed by atoms with van der Waals surface area (Å²) in [6, 6.07) is 15.1. The summed E-state index contributed by atoms with van der Waals surface area (Å²) in [7, 11) is -3.65. The summed E-state index contributed by atoms with van der Waals surface area (Å²) < 4.78 is 66.1. The van der Waals surface area contributed by atoms with E-state index in [1.165, 1.54) is 36.4 Å². The van der Waals surface area contributed by atoms with E-state index in [0.717, 1.165) is 23.4 Å². The number of halogens is 3. The Morgan fingerprint density at radius 2 is 1.26 bits per heavy atom. The summed E-state index contributed by atoms with van der Waals surface area (Å²) in [5, 5.41) is 2.92. The number of sulfonamides is 1. The smallest absolute Gasteiger partial charge is 0.229 e. The Morgan fingerprint density at radius 1 is 0.794 bits per heavy atom. The van der Waals surface area contributed by atoms with Crippen molar-refractivity contribution in [2.75, 3.05) is 11.0 Å². The van der Waals surface area contributed by atoms with Crippen molar-refractivity contribution < 1.29 is 26.4 Å². The van der Waals surface area contributed by atoms with Gasteiger partial charge in [-0.25, -0.2) is 21.6 Å². The van der Waals surface area contributed by atoms with Crippen molar-refractivity contribution in [2.45, 2.75) is 31.7 Å². The number of anilines is 1. The summed E-state index contributed by atoms with van der Waals surface area (Å²) >= 11 is 0. The van der Waals surface area contributed by atoms with E-state index in [1.54, 1.807) is 38.1 Å². The minimum atomic E-state index is -3.65. The molecule has 2 N–H and O–H groups in total. The largest absolute Gasteiger partial charge is 0.352 e. The average Bonchev–Trinajstić information content (AvgIpc) is 2.76. The molecule has 2 atom stereocenters. The predicted molar refractivity (Wildman–Crippen MR) is 126 cm³/mol. The van der Waals surface area contributed by atoms with Crippen LogP contribution in [0, 0.1) is 17.5 Å². The lowest BCUT2D eigenvalue weighted by Crippen LogP contribution is -2.39. The number of hydrogen-bond donors (Lipinski definition) is 2.